The number of nitrogens with one attached hydrogen (secondary N) is 1. The second kappa shape index (κ2) is 8.71. The van der Waals surface area contributed by atoms with Crippen molar-refractivity contribution in [2.75, 3.05) is 19.3 Å². The summed E-state index contributed by atoms with van der Waals surface area (Å²) in [5.74, 6) is -0.101. The molecule has 0 unspecified atom stereocenters. The molecule has 31 heavy (non-hydrogen) atoms. The Morgan fingerprint density at radius 3 is 2.55 bits per heavy atom. The minimum atomic E-state index is -3.25. The molecule has 1 saturated carbocycles. The van der Waals surface area contributed by atoms with Gasteiger partial charge in [0.2, 0.25) is 15.9 Å². The minimum absolute atomic E-state index is 0.0910. The fourth-order valence-corrected chi connectivity index (χ4v) is 5.63. The van der Waals surface area contributed by atoms with Crippen molar-refractivity contribution >= 4 is 15.9 Å². The van der Waals surface area contributed by atoms with Crippen LogP contribution >= 0.6 is 0 Å². The van der Waals surface area contributed by atoms with Gasteiger partial charge >= 0.3 is 0 Å². The third-order valence-corrected chi connectivity index (χ3v) is 7.18. The monoisotopic (exact) mass is 444 g/mol. The Labute approximate surface area is 183 Å². The number of amides is 1. The molecule has 2 aliphatic rings. The Hall–Kier alpha value is -2.25. The van der Waals surface area contributed by atoms with Crippen LogP contribution in [-0.4, -0.2) is 44.6 Å². The molecule has 0 aromatic heterocycles. The minimum Gasteiger partial charge on any atom is -0.342 e. The Bertz CT molecular complexity index is 1070. The van der Waals surface area contributed by atoms with Gasteiger partial charge in [-0.15, -0.1) is 0 Å². The molecule has 2 aromatic carbocycles. The van der Waals surface area contributed by atoms with Gasteiger partial charge in [-0.3, -0.25) is 4.79 Å². The summed E-state index contributed by atoms with van der Waals surface area (Å²) in [6.07, 6.45) is 4.08. The first-order valence-corrected chi connectivity index (χ1v) is 12.7. The number of hydrogen-bond donors (Lipinski definition) is 1. The van der Waals surface area contributed by atoms with Gasteiger partial charge in [0.05, 0.1) is 6.26 Å². The first kappa shape index (κ1) is 22.0. The van der Waals surface area contributed by atoms with E-state index >= 15 is 0 Å². The third-order valence-electron chi connectivity index (χ3n) is 6.42. The van der Waals surface area contributed by atoms with Crippen LogP contribution < -0.4 is 4.72 Å². The van der Waals surface area contributed by atoms with Crippen molar-refractivity contribution < 1.29 is 17.6 Å². The van der Waals surface area contributed by atoms with Crippen LogP contribution in [0.2, 0.25) is 0 Å². The predicted octanol–water partition coefficient (Wildman–Crippen LogP) is 3.83. The normalized spacial score (nSPS) is 24.0. The number of hydrogen-bond acceptors (Lipinski definition) is 3. The number of halogens is 1. The van der Waals surface area contributed by atoms with Crippen LogP contribution in [0.1, 0.15) is 42.7 Å². The zero-order valence-electron chi connectivity index (χ0n) is 18.0. The van der Waals surface area contributed by atoms with Crippen molar-refractivity contribution in [1.82, 2.24) is 9.62 Å². The van der Waals surface area contributed by atoms with Crippen LogP contribution in [0.4, 0.5) is 4.39 Å². The summed E-state index contributed by atoms with van der Waals surface area (Å²) in [5, 5.41) is 0. The SMILES string of the molecule is Cc1c(F)ccc([C@@H]2C[C@H]2C(=O)N2CCC[C@H](NS(C)(=O)=O)CC2)c1-c1ccccc1. The lowest BCUT2D eigenvalue weighted by Gasteiger charge is -2.21. The van der Waals surface area contributed by atoms with Gasteiger partial charge in [0.15, 0.2) is 0 Å². The molecule has 3 atom stereocenters. The lowest BCUT2D eigenvalue weighted by molar-refractivity contribution is -0.132. The van der Waals surface area contributed by atoms with Crippen LogP contribution in [0.3, 0.4) is 0 Å². The zero-order valence-corrected chi connectivity index (χ0v) is 18.8. The van der Waals surface area contributed by atoms with Crippen molar-refractivity contribution in [2.45, 2.75) is 44.6 Å². The van der Waals surface area contributed by atoms with E-state index in [2.05, 4.69) is 4.72 Å². The van der Waals surface area contributed by atoms with E-state index in [0.717, 1.165) is 36.0 Å². The second-order valence-corrected chi connectivity index (χ2v) is 10.6. The molecule has 1 heterocycles. The summed E-state index contributed by atoms with van der Waals surface area (Å²) >= 11 is 0. The van der Waals surface area contributed by atoms with Crippen LogP contribution in [-0.2, 0) is 14.8 Å². The summed E-state index contributed by atoms with van der Waals surface area (Å²) < 4.78 is 40.1. The van der Waals surface area contributed by atoms with Gasteiger partial charge in [-0.2, -0.15) is 0 Å². The smallest absolute Gasteiger partial charge is 0.226 e. The van der Waals surface area contributed by atoms with Crippen molar-refractivity contribution in [3.8, 4) is 11.1 Å². The molecule has 1 aliphatic heterocycles. The van der Waals surface area contributed by atoms with Crippen molar-refractivity contribution in [1.29, 1.82) is 0 Å². The molecule has 0 spiro atoms. The molecule has 0 radical (unpaired) electrons. The lowest BCUT2D eigenvalue weighted by Crippen LogP contribution is -2.36. The van der Waals surface area contributed by atoms with Gasteiger partial charge in [0.25, 0.3) is 0 Å². The van der Waals surface area contributed by atoms with Crippen molar-refractivity contribution in [3.05, 3.63) is 59.4 Å². The van der Waals surface area contributed by atoms with E-state index in [9.17, 15) is 17.6 Å². The fourth-order valence-electron chi connectivity index (χ4n) is 4.79. The van der Waals surface area contributed by atoms with Gasteiger partial charge in [-0.25, -0.2) is 17.5 Å². The highest BCUT2D eigenvalue weighted by Crippen LogP contribution is 2.52. The van der Waals surface area contributed by atoms with E-state index in [1.165, 1.54) is 12.3 Å². The Kier molecular flexibility index (Phi) is 6.17. The van der Waals surface area contributed by atoms with E-state index < -0.39 is 10.0 Å². The third kappa shape index (κ3) is 4.99. The number of sulfonamides is 1. The topological polar surface area (TPSA) is 66.5 Å². The molecule has 1 amide bonds. The molecular formula is C24H29FN2O3S. The van der Waals surface area contributed by atoms with Crippen molar-refractivity contribution in [3.63, 3.8) is 0 Å². The van der Waals surface area contributed by atoms with Crippen LogP contribution in [0.15, 0.2) is 42.5 Å². The maximum Gasteiger partial charge on any atom is 0.226 e. The molecular weight excluding hydrogens is 415 g/mol. The number of rotatable bonds is 5. The van der Waals surface area contributed by atoms with Gasteiger partial charge in [-0.05, 0) is 66.8 Å². The summed E-state index contributed by atoms with van der Waals surface area (Å²) in [6, 6.07) is 13.0. The summed E-state index contributed by atoms with van der Waals surface area (Å²) in [6.45, 7) is 3.01. The van der Waals surface area contributed by atoms with E-state index in [1.807, 2.05) is 41.3 Å². The molecule has 4 rings (SSSR count). The lowest BCUT2D eigenvalue weighted by atomic mass is 9.91. The predicted molar refractivity (Wildman–Crippen MR) is 120 cm³/mol. The van der Waals surface area contributed by atoms with Gasteiger partial charge < -0.3 is 4.90 Å². The summed E-state index contributed by atoms with van der Waals surface area (Å²) in [4.78, 5) is 15.1. The first-order chi connectivity index (χ1) is 14.7. The summed E-state index contributed by atoms with van der Waals surface area (Å²) in [5.41, 5.74) is 3.52. The standard InChI is InChI=1S/C24H29FN2O3S/c1-16-22(25)11-10-19(23(16)17-7-4-3-5-8-17)20-15-21(20)24(28)27-13-6-9-18(12-14-27)26-31(2,29)30/h3-5,7-8,10-11,18,20-21,26H,6,9,12-15H2,1-2H3/t18-,20-,21+/m0/s1. The van der Waals surface area contributed by atoms with E-state index in [-0.39, 0.29) is 29.6 Å². The van der Waals surface area contributed by atoms with E-state index in [4.69, 9.17) is 0 Å². The number of benzene rings is 2. The highest BCUT2D eigenvalue weighted by Gasteiger charge is 2.47. The maximum absolute atomic E-state index is 14.4. The molecule has 166 valence electrons. The van der Waals surface area contributed by atoms with Crippen LogP contribution in [0.25, 0.3) is 11.1 Å². The van der Waals surface area contributed by atoms with E-state index in [0.29, 0.717) is 25.1 Å². The van der Waals surface area contributed by atoms with Crippen LogP contribution in [0, 0.1) is 18.7 Å². The Morgan fingerprint density at radius 1 is 1.10 bits per heavy atom. The van der Waals surface area contributed by atoms with Gasteiger partial charge in [0.1, 0.15) is 5.82 Å². The average molecular weight is 445 g/mol. The number of carbonyl (C=O) groups is 1. The average Bonchev–Trinajstić information content (AvgIpc) is 3.53. The molecule has 1 aliphatic carbocycles. The molecule has 1 saturated heterocycles. The molecule has 2 fully saturated rings. The van der Waals surface area contributed by atoms with E-state index in [1.54, 1.807) is 6.92 Å². The Morgan fingerprint density at radius 2 is 1.84 bits per heavy atom. The Balaban J connectivity index is 1.49. The molecule has 1 N–H and O–H groups in total. The number of likely N-dealkylation sites (tertiary alicyclic amines) is 1. The van der Waals surface area contributed by atoms with Crippen molar-refractivity contribution in [2.24, 2.45) is 5.92 Å². The van der Waals surface area contributed by atoms with Gasteiger partial charge in [0, 0.05) is 25.0 Å². The quantitative estimate of drug-likeness (QED) is 0.762. The molecule has 5 nitrogen and oxygen atoms in total. The fraction of sp³-hybridized carbons (Fsp3) is 0.458. The molecule has 0 bridgehead atoms. The number of nitrogens with zero attached hydrogens (tertiary/aromatic N) is 1. The maximum atomic E-state index is 14.4. The zero-order chi connectivity index (χ0) is 22.2. The summed E-state index contributed by atoms with van der Waals surface area (Å²) in [7, 11) is -3.25. The van der Waals surface area contributed by atoms with Crippen LogP contribution in [0.5, 0.6) is 0 Å². The molecule has 2 aromatic rings. The molecule has 7 heteroatoms. The largest absolute Gasteiger partial charge is 0.342 e. The first-order valence-electron chi connectivity index (χ1n) is 10.8. The highest BCUT2D eigenvalue weighted by atomic mass is 32.2. The number of carbonyl (C=O) groups excluding carboxylic acids is 1. The van der Waals surface area contributed by atoms with Gasteiger partial charge in [-0.1, -0.05) is 36.4 Å². The second-order valence-electron chi connectivity index (χ2n) is 8.79. The highest BCUT2D eigenvalue weighted by molar-refractivity contribution is 7.88.